The first-order valence-corrected chi connectivity index (χ1v) is 12.0. The minimum absolute atomic E-state index is 0. The average Bonchev–Trinajstić information content (AvgIpc) is 3.07. The minimum atomic E-state index is -0.220. The highest BCUT2D eigenvalue weighted by molar-refractivity contribution is 5.94. The lowest BCUT2D eigenvalue weighted by atomic mass is 9.74. The van der Waals surface area contributed by atoms with Crippen LogP contribution in [-0.2, 0) is 14.9 Å². The number of rotatable bonds is 2. The Labute approximate surface area is 191 Å². The summed E-state index contributed by atoms with van der Waals surface area (Å²) < 4.78 is 5.27. The highest BCUT2D eigenvalue weighted by atomic mass is 16.6. The third kappa shape index (κ3) is 2.64. The fourth-order valence-corrected chi connectivity index (χ4v) is 7.78. The zero-order valence-corrected chi connectivity index (χ0v) is 18.8. The molecule has 2 saturated heterocycles. The van der Waals surface area contributed by atoms with Gasteiger partial charge in [0.15, 0.2) is 6.61 Å². The fraction of sp³-hybridized carbons (Fsp3) is 0.615. The molecule has 3 heterocycles. The van der Waals surface area contributed by atoms with E-state index in [9.17, 15) is 9.59 Å². The number of anilines is 1. The van der Waals surface area contributed by atoms with Crippen molar-refractivity contribution in [1.29, 1.82) is 0 Å². The molecule has 32 heavy (non-hydrogen) atoms. The summed E-state index contributed by atoms with van der Waals surface area (Å²) in [6.07, 6.45) is 11.8. The number of fused-ring (bicyclic) bond motifs is 2. The maximum absolute atomic E-state index is 12.5. The molecule has 170 valence electrons. The maximum Gasteiger partial charge on any atom is 0.411 e. The van der Waals surface area contributed by atoms with Crippen molar-refractivity contribution >= 4 is 17.7 Å². The molecule has 0 aromatic heterocycles. The molecule has 2 amide bonds. The Hall–Kier alpha value is -2.52. The molecule has 6 heteroatoms. The van der Waals surface area contributed by atoms with Crippen LogP contribution in [0.3, 0.4) is 0 Å². The lowest BCUT2D eigenvalue weighted by Gasteiger charge is -2.42. The van der Waals surface area contributed by atoms with Gasteiger partial charge in [0, 0.05) is 32.0 Å². The normalized spacial score (nSPS) is 34.1. The number of benzene rings is 1. The second-order valence-electron chi connectivity index (χ2n) is 10.4. The molecule has 1 aromatic rings. The van der Waals surface area contributed by atoms with Crippen LogP contribution in [0.4, 0.5) is 10.5 Å². The van der Waals surface area contributed by atoms with Gasteiger partial charge in [-0.15, -0.1) is 6.42 Å². The highest BCUT2D eigenvalue weighted by Crippen LogP contribution is 2.65. The van der Waals surface area contributed by atoms with Gasteiger partial charge >= 0.3 is 6.09 Å². The van der Waals surface area contributed by atoms with E-state index in [1.807, 2.05) is 15.9 Å². The minimum Gasteiger partial charge on any atom is -0.436 e. The average molecular weight is 436 g/mol. The molecule has 2 spiro atoms. The van der Waals surface area contributed by atoms with Crippen molar-refractivity contribution in [1.82, 2.24) is 9.80 Å². The van der Waals surface area contributed by atoms with E-state index in [-0.39, 0.29) is 31.0 Å². The van der Waals surface area contributed by atoms with Crippen LogP contribution in [-0.4, -0.2) is 65.7 Å². The zero-order chi connectivity index (χ0) is 22.1. The summed E-state index contributed by atoms with van der Waals surface area (Å²) in [5.41, 5.74) is 2.56. The van der Waals surface area contributed by atoms with E-state index in [4.69, 9.17) is 11.2 Å². The summed E-state index contributed by atoms with van der Waals surface area (Å²) in [6.45, 7) is 4.65. The molecular formula is C26H33N3O3. The van der Waals surface area contributed by atoms with Gasteiger partial charge in [-0.1, -0.05) is 24.1 Å². The lowest BCUT2D eigenvalue weighted by molar-refractivity contribution is -0.116. The van der Waals surface area contributed by atoms with E-state index in [1.165, 1.54) is 18.4 Å². The van der Waals surface area contributed by atoms with Crippen molar-refractivity contribution in [2.75, 3.05) is 31.1 Å². The number of ether oxygens (including phenoxy) is 1. The molecule has 5 aliphatic rings. The fourth-order valence-electron chi connectivity index (χ4n) is 7.78. The molecule has 4 atom stereocenters. The van der Waals surface area contributed by atoms with Crippen LogP contribution in [0.15, 0.2) is 24.3 Å². The Morgan fingerprint density at radius 2 is 2.03 bits per heavy atom. The topological polar surface area (TPSA) is 52.9 Å². The van der Waals surface area contributed by atoms with Crippen LogP contribution >= 0.6 is 0 Å². The summed E-state index contributed by atoms with van der Waals surface area (Å²) >= 11 is 0. The number of hydrogen-bond donors (Lipinski definition) is 0. The van der Waals surface area contributed by atoms with Crippen LogP contribution in [0.5, 0.6) is 0 Å². The third-order valence-corrected chi connectivity index (χ3v) is 9.24. The Morgan fingerprint density at radius 1 is 1.25 bits per heavy atom. The number of piperidine rings is 2. The molecule has 3 aliphatic heterocycles. The molecular weight excluding hydrogens is 402 g/mol. The maximum atomic E-state index is 12.5. The number of terminal acetylenes is 1. The summed E-state index contributed by atoms with van der Waals surface area (Å²) in [5.74, 6) is 3.13. The number of carbonyl (C=O) groups is 2. The van der Waals surface area contributed by atoms with E-state index in [0.29, 0.717) is 18.0 Å². The summed E-state index contributed by atoms with van der Waals surface area (Å²) in [5, 5.41) is 0. The van der Waals surface area contributed by atoms with Crippen molar-refractivity contribution in [3.63, 3.8) is 0 Å². The van der Waals surface area contributed by atoms with Gasteiger partial charge in [-0.05, 0) is 69.2 Å². The molecule has 4 fully saturated rings. The monoisotopic (exact) mass is 435 g/mol. The van der Waals surface area contributed by atoms with Crippen molar-refractivity contribution in [3.05, 3.63) is 29.8 Å². The summed E-state index contributed by atoms with van der Waals surface area (Å²) in [6, 6.07) is 9.34. The SMILES string of the molecule is C#CCOC(=O)N1C2CCC3CC(N4CCC5(CC4)CN(C(C)=O)c4ccccc45)CC321.[HH]. The van der Waals surface area contributed by atoms with Gasteiger partial charge in [-0.25, -0.2) is 4.79 Å². The number of hydrogen-bond acceptors (Lipinski definition) is 4. The van der Waals surface area contributed by atoms with E-state index in [0.717, 1.165) is 51.0 Å². The standard InChI is InChI=1S/C26H31N3O3.H2/c1-3-14-32-24(31)29-23-9-8-19-15-20(16-26(19,23)29)27-12-10-25(11-13-27)17-28(18(2)30)22-7-5-4-6-21(22)25;/h1,4-7,19-20,23H,8-17H2,2H3;1H. The summed E-state index contributed by atoms with van der Waals surface area (Å²) in [7, 11) is 0. The van der Waals surface area contributed by atoms with Crippen molar-refractivity contribution in [3.8, 4) is 12.3 Å². The summed E-state index contributed by atoms with van der Waals surface area (Å²) in [4.78, 5) is 31.4. The second kappa shape index (κ2) is 6.99. The molecule has 4 unspecified atom stereocenters. The van der Waals surface area contributed by atoms with Gasteiger partial charge in [-0.2, -0.15) is 0 Å². The van der Waals surface area contributed by atoms with Crippen molar-refractivity contribution in [2.45, 2.75) is 68.5 Å². The zero-order valence-electron chi connectivity index (χ0n) is 18.8. The third-order valence-electron chi connectivity index (χ3n) is 9.24. The Balaban J connectivity index is 0.00000228. The first kappa shape index (κ1) is 20.1. The smallest absolute Gasteiger partial charge is 0.411 e. The molecule has 0 bridgehead atoms. The Bertz CT molecular complexity index is 1010. The first-order valence-electron chi connectivity index (χ1n) is 12.0. The van der Waals surface area contributed by atoms with E-state index >= 15 is 0 Å². The Morgan fingerprint density at radius 3 is 2.78 bits per heavy atom. The number of nitrogens with zero attached hydrogens (tertiary/aromatic N) is 3. The van der Waals surface area contributed by atoms with Crippen LogP contribution in [0.25, 0.3) is 0 Å². The highest BCUT2D eigenvalue weighted by Gasteiger charge is 2.75. The van der Waals surface area contributed by atoms with Gasteiger partial charge in [0.05, 0.1) is 11.6 Å². The lowest BCUT2D eigenvalue weighted by Crippen LogP contribution is -2.48. The van der Waals surface area contributed by atoms with Crippen molar-refractivity contribution < 1.29 is 15.8 Å². The molecule has 2 saturated carbocycles. The second-order valence-corrected chi connectivity index (χ2v) is 10.4. The first-order chi connectivity index (χ1) is 15.5. The number of likely N-dealkylation sites (tertiary alicyclic amines) is 2. The van der Waals surface area contributed by atoms with E-state index in [2.05, 4.69) is 29.0 Å². The molecule has 6 nitrogen and oxygen atoms in total. The molecule has 0 N–H and O–H groups in total. The predicted octanol–water partition coefficient (Wildman–Crippen LogP) is 3.40. The van der Waals surface area contributed by atoms with Crippen LogP contribution in [0.1, 0.15) is 52.4 Å². The van der Waals surface area contributed by atoms with Gasteiger partial charge in [0.25, 0.3) is 0 Å². The number of carbonyl (C=O) groups excluding carboxylic acids is 2. The van der Waals surface area contributed by atoms with Gasteiger partial charge < -0.3 is 14.5 Å². The van der Waals surface area contributed by atoms with Crippen molar-refractivity contribution in [2.24, 2.45) is 5.92 Å². The number of para-hydroxylation sites is 1. The van der Waals surface area contributed by atoms with Crippen LogP contribution < -0.4 is 4.90 Å². The van der Waals surface area contributed by atoms with Crippen LogP contribution in [0, 0.1) is 18.3 Å². The quantitative estimate of drug-likeness (QED) is 0.528. The largest absolute Gasteiger partial charge is 0.436 e. The molecule has 1 aromatic carbocycles. The van der Waals surface area contributed by atoms with Gasteiger partial charge in [0.1, 0.15) is 0 Å². The Kier molecular flexibility index (Phi) is 4.39. The van der Waals surface area contributed by atoms with E-state index in [1.54, 1.807) is 6.92 Å². The van der Waals surface area contributed by atoms with Gasteiger partial charge in [-0.3, -0.25) is 9.69 Å². The van der Waals surface area contributed by atoms with Crippen LogP contribution in [0.2, 0.25) is 0 Å². The molecule has 0 radical (unpaired) electrons. The molecule has 6 rings (SSSR count). The van der Waals surface area contributed by atoms with Gasteiger partial charge in [0.2, 0.25) is 5.91 Å². The predicted molar refractivity (Wildman–Crippen MR) is 123 cm³/mol. The molecule has 2 aliphatic carbocycles. The van der Waals surface area contributed by atoms with E-state index < -0.39 is 0 Å². The number of amides is 2.